The van der Waals surface area contributed by atoms with E-state index in [2.05, 4.69) is 11.5 Å². The smallest absolute Gasteiger partial charge is 0.138 e. The minimum atomic E-state index is -0.231. The van der Waals surface area contributed by atoms with Crippen molar-refractivity contribution in [2.45, 2.75) is 0 Å². The molecule has 0 aliphatic rings. The molecule has 0 spiro atoms. The largest absolute Gasteiger partial charge is 0.206 e. The first kappa shape index (κ1) is 7.04. The van der Waals surface area contributed by atoms with Crippen molar-refractivity contribution in [2.75, 3.05) is 0 Å². The predicted molar refractivity (Wildman–Crippen MR) is 43.2 cm³/mol. The van der Waals surface area contributed by atoms with E-state index in [4.69, 9.17) is 0 Å². The summed E-state index contributed by atoms with van der Waals surface area (Å²) in [5.41, 5.74) is 3.27. The lowest BCUT2D eigenvalue weighted by molar-refractivity contribution is 0.624. The minimum absolute atomic E-state index is 0.231. The Morgan fingerprint density at radius 1 is 1.30 bits per heavy atom. The molecular formula is C8H7FSi. The Hall–Kier alpha value is -1.07. The Kier molecular flexibility index (Phi) is 2.24. The number of hydrogen-bond donors (Lipinski definition) is 0. The summed E-state index contributed by atoms with van der Waals surface area (Å²) in [5, 5.41) is 0. The summed E-state index contributed by atoms with van der Waals surface area (Å²) >= 11 is 0. The highest BCUT2D eigenvalue weighted by atomic mass is 28.1. The normalized spacial score (nSPS) is 8.50. The Balaban J connectivity index is 3.11. The predicted octanol–water partition coefficient (Wildman–Crippen LogP) is 0.500. The second-order valence-corrected chi connectivity index (χ2v) is 2.35. The van der Waals surface area contributed by atoms with Crippen molar-refractivity contribution in [1.82, 2.24) is 0 Å². The average Bonchev–Trinajstić information content (AvgIpc) is 1.94. The van der Waals surface area contributed by atoms with Crippen LogP contribution < -0.4 is 0 Å². The number of benzene rings is 1. The molecule has 0 saturated carbocycles. The molecule has 1 aromatic rings. The van der Waals surface area contributed by atoms with E-state index in [0.29, 0.717) is 5.56 Å². The fraction of sp³-hybridized carbons (Fsp3) is 0. The monoisotopic (exact) mass is 150 g/mol. The van der Waals surface area contributed by atoms with Gasteiger partial charge < -0.3 is 0 Å². The highest BCUT2D eigenvalue weighted by Crippen LogP contribution is 2.02. The van der Waals surface area contributed by atoms with Crippen LogP contribution in [0.5, 0.6) is 0 Å². The van der Waals surface area contributed by atoms with Gasteiger partial charge >= 0.3 is 0 Å². The van der Waals surface area contributed by atoms with Crippen LogP contribution in [0.3, 0.4) is 0 Å². The van der Waals surface area contributed by atoms with Crippen LogP contribution in [0.25, 0.3) is 0 Å². The van der Waals surface area contributed by atoms with Gasteiger partial charge in [-0.25, -0.2) is 4.39 Å². The topological polar surface area (TPSA) is 0 Å². The van der Waals surface area contributed by atoms with Gasteiger partial charge in [0.1, 0.15) is 5.82 Å². The van der Waals surface area contributed by atoms with Gasteiger partial charge in [-0.05, 0) is 12.1 Å². The molecule has 0 fully saturated rings. The summed E-state index contributed by atoms with van der Waals surface area (Å²) in [7, 11) is 0.794. The third kappa shape index (κ3) is 1.46. The highest BCUT2D eigenvalue weighted by molar-refractivity contribution is 6.22. The van der Waals surface area contributed by atoms with E-state index in [1.165, 1.54) is 6.07 Å². The highest BCUT2D eigenvalue weighted by Gasteiger charge is 1.92. The van der Waals surface area contributed by atoms with Gasteiger partial charge in [0.25, 0.3) is 0 Å². The van der Waals surface area contributed by atoms with Crippen LogP contribution in [0.1, 0.15) is 5.56 Å². The molecule has 0 atom stereocenters. The first-order chi connectivity index (χ1) is 4.84. The van der Waals surface area contributed by atoms with E-state index in [9.17, 15) is 4.39 Å². The van der Waals surface area contributed by atoms with E-state index in [-0.39, 0.29) is 5.82 Å². The van der Waals surface area contributed by atoms with Crippen LogP contribution in [0.4, 0.5) is 4.39 Å². The first-order valence-corrected chi connectivity index (χ1v) is 4.02. The second kappa shape index (κ2) is 3.19. The Bertz CT molecular complexity index is 283. The number of rotatable bonds is 0. The third-order valence-corrected chi connectivity index (χ3v) is 1.38. The van der Waals surface area contributed by atoms with Gasteiger partial charge in [-0.3, -0.25) is 0 Å². The molecule has 0 aromatic heterocycles. The summed E-state index contributed by atoms with van der Waals surface area (Å²) in [6.45, 7) is 0. The zero-order valence-corrected chi connectivity index (χ0v) is 7.69. The van der Waals surface area contributed by atoms with Crippen molar-refractivity contribution in [1.29, 1.82) is 0 Å². The Morgan fingerprint density at radius 2 is 2.00 bits per heavy atom. The summed E-state index contributed by atoms with van der Waals surface area (Å²) < 4.78 is 12.7. The molecule has 0 aliphatic heterocycles. The average molecular weight is 150 g/mol. The summed E-state index contributed by atoms with van der Waals surface area (Å²) in [6, 6.07) is 6.54. The quantitative estimate of drug-likeness (QED) is 0.373. The van der Waals surface area contributed by atoms with Crippen molar-refractivity contribution in [3.8, 4) is 11.5 Å². The summed E-state index contributed by atoms with van der Waals surface area (Å²) in [4.78, 5) is 0. The number of halogens is 1. The van der Waals surface area contributed by atoms with E-state index < -0.39 is 0 Å². The van der Waals surface area contributed by atoms with Crippen molar-refractivity contribution >= 4 is 10.2 Å². The lowest BCUT2D eigenvalue weighted by atomic mass is 10.2. The fourth-order valence-corrected chi connectivity index (χ4v) is 0.967. The molecule has 0 N–H and O–H groups in total. The Labute approximate surface area is 62.5 Å². The zero-order valence-electron chi connectivity index (χ0n) is 5.69. The maximum atomic E-state index is 12.7. The van der Waals surface area contributed by atoms with Crippen molar-refractivity contribution in [3.05, 3.63) is 35.6 Å². The maximum Gasteiger partial charge on any atom is 0.138 e. The molecule has 1 rings (SSSR count). The standard InChI is InChI=1S/C8H7FSi/c9-8-4-2-1-3-7(8)5-6-10/h1-4H,10H3. The molecule has 0 unspecified atom stereocenters. The van der Waals surface area contributed by atoms with Crippen LogP contribution in [-0.2, 0) is 0 Å². The molecule has 1 aromatic carbocycles. The zero-order chi connectivity index (χ0) is 7.40. The maximum absolute atomic E-state index is 12.7. The molecule has 2 heteroatoms. The van der Waals surface area contributed by atoms with Gasteiger partial charge in [-0.1, -0.05) is 18.1 Å². The van der Waals surface area contributed by atoms with Gasteiger partial charge in [-0.15, -0.1) is 5.54 Å². The minimum Gasteiger partial charge on any atom is -0.206 e. The van der Waals surface area contributed by atoms with Gasteiger partial charge in [0, 0.05) is 0 Å². The molecule has 0 bridgehead atoms. The van der Waals surface area contributed by atoms with Crippen LogP contribution in [0.15, 0.2) is 24.3 Å². The lowest BCUT2D eigenvalue weighted by Crippen LogP contribution is -1.80. The second-order valence-electron chi connectivity index (χ2n) is 1.85. The van der Waals surface area contributed by atoms with Crippen LogP contribution in [-0.4, -0.2) is 10.2 Å². The molecule has 0 heterocycles. The molecule has 0 nitrogen and oxygen atoms in total. The van der Waals surface area contributed by atoms with Gasteiger partial charge in [0.15, 0.2) is 0 Å². The van der Waals surface area contributed by atoms with Crippen LogP contribution in [0.2, 0.25) is 0 Å². The summed E-state index contributed by atoms with van der Waals surface area (Å²) in [5.74, 6) is 2.48. The number of hydrogen-bond acceptors (Lipinski definition) is 0. The molecule has 0 amide bonds. The van der Waals surface area contributed by atoms with Gasteiger partial charge in [-0.2, -0.15) is 0 Å². The molecule has 0 aliphatic carbocycles. The van der Waals surface area contributed by atoms with Crippen LogP contribution in [0, 0.1) is 17.3 Å². The van der Waals surface area contributed by atoms with E-state index in [1.807, 2.05) is 0 Å². The van der Waals surface area contributed by atoms with Gasteiger partial charge in [0.05, 0.1) is 15.8 Å². The van der Waals surface area contributed by atoms with Crippen molar-refractivity contribution in [3.63, 3.8) is 0 Å². The fourth-order valence-electron chi connectivity index (χ4n) is 0.697. The Morgan fingerprint density at radius 3 is 2.60 bits per heavy atom. The molecule has 0 radical (unpaired) electrons. The van der Waals surface area contributed by atoms with E-state index in [0.717, 1.165) is 10.2 Å². The van der Waals surface area contributed by atoms with Crippen molar-refractivity contribution in [2.24, 2.45) is 0 Å². The lowest BCUT2D eigenvalue weighted by Gasteiger charge is -1.89. The van der Waals surface area contributed by atoms with Crippen LogP contribution >= 0.6 is 0 Å². The molecular weight excluding hydrogens is 143 g/mol. The third-order valence-electron chi connectivity index (χ3n) is 1.13. The van der Waals surface area contributed by atoms with E-state index >= 15 is 0 Å². The van der Waals surface area contributed by atoms with Crippen molar-refractivity contribution < 1.29 is 4.39 Å². The van der Waals surface area contributed by atoms with E-state index in [1.54, 1.807) is 18.2 Å². The molecule has 0 saturated heterocycles. The molecule has 10 heavy (non-hydrogen) atoms. The first-order valence-electron chi connectivity index (χ1n) is 3.02. The molecule has 50 valence electrons. The van der Waals surface area contributed by atoms with Gasteiger partial charge in [0.2, 0.25) is 0 Å². The SMILES string of the molecule is Fc1ccccc1C#C[SiH3]. The summed E-state index contributed by atoms with van der Waals surface area (Å²) in [6.07, 6.45) is 0.